The van der Waals surface area contributed by atoms with Gasteiger partial charge in [-0.05, 0) is 73.3 Å². The van der Waals surface area contributed by atoms with E-state index in [9.17, 15) is 9.18 Å². The van der Waals surface area contributed by atoms with Crippen molar-refractivity contribution in [3.63, 3.8) is 0 Å². The Bertz CT molecular complexity index is 2040. The van der Waals surface area contributed by atoms with E-state index in [0.29, 0.717) is 23.0 Å². The molecule has 1 aliphatic heterocycles. The number of halogens is 2. The molecule has 3 aromatic carbocycles. The van der Waals surface area contributed by atoms with Crippen LogP contribution in [-0.4, -0.2) is 62.9 Å². The van der Waals surface area contributed by atoms with Crippen LogP contribution in [0.25, 0.3) is 28.3 Å². The number of benzene rings is 3. The normalized spacial score (nSPS) is 13.6. The minimum Gasteiger partial charge on any atom is -0.369 e. The molecule has 7 rings (SSSR count). The summed E-state index contributed by atoms with van der Waals surface area (Å²) < 4.78 is 16.4. The number of nitrogens with one attached hydrogen (secondary N) is 2. The minimum absolute atomic E-state index is 0.0378. The molecule has 6 aromatic rings. The lowest BCUT2D eigenvalue weighted by Gasteiger charge is -2.35. The number of fused-ring (bicyclic) bond motifs is 1. The molecule has 1 amide bonds. The maximum Gasteiger partial charge on any atom is 0.260 e. The summed E-state index contributed by atoms with van der Waals surface area (Å²) in [6, 6.07) is 27.3. The summed E-state index contributed by atoms with van der Waals surface area (Å²) in [5.41, 5.74) is 5.89. The second-order valence-electron chi connectivity index (χ2n) is 11.2. The van der Waals surface area contributed by atoms with Gasteiger partial charge < -0.3 is 20.4 Å². The fourth-order valence-electron chi connectivity index (χ4n) is 5.85. The number of rotatable bonds is 8. The largest absolute Gasteiger partial charge is 0.369 e. The van der Waals surface area contributed by atoms with Gasteiger partial charge >= 0.3 is 0 Å². The van der Waals surface area contributed by atoms with Gasteiger partial charge in [0.15, 0.2) is 0 Å². The van der Waals surface area contributed by atoms with Gasteiger partial charge in [0.2, 0.25) is 5.95 Å². The van der Waals surface area contributed by atoms with Crippen molar-refractivity contribution < 1.29 is 9.18 Å². The van der Waals surface area contributed by atoms with Crippen molar-refractivity contribution >= 4 is 46.2 Å². The van der Waals surface area contributed by atoms with Gasteiger partial charge in [0.05, 0.1) is 27.7 Å². The standard InChI is InChI=1S/C36H32ClFN8O/c1-2-44-19-21-45(22-20-44)27-14-12-25(13-15-27)41-36-39-17-16-30(42-36)34-33(43-31-11-3-4-18-46(31)34)24-7-5-8-26(23-24)40-35(47)32-28(37)9-6-10-29(32)38/h3-18,23H,2,19-22H2,1H3,(H,40,47)(H,39,41,42). The van der Waals surface area contributed by atoms with Crippen LogP contribution in [0.4, 0.5) is 27.4 Å². The number of piperazine rings is 1. The van der Waals surface area contributed by atoms with Crippen LogP contribution >= 0.6 is 11.6 Å². The zero-order chi connectivity index (χ0) is 32.3. The van der Waals surface area contributed by atoms with Gasteiger partial charge in [-0.3, -0.25) is 9.20 Å². The highest BCUT2D eigenvalue weighted by atomic mass is 35.5. The van der Waals surface area contributed by atoms with Gasteiger partial charge in [-0.2, -0.15) is 0 Å². The number of aromatic nitrogens is 4. The van der Waals surface area contributed by atoms with E-state index in [1.54, 1.807) is 18.3 Å². The molecule has 0 saturated carbocycles. The molecule has 11 heteroatoms. The van der Waals surface area contributed by atoms with Crippen molar-refractivity contribution in [3.8, 4) is 22.6 Å². The number of hydrogen-bond donors (Lipinski definition) is 2. The van der Waals surface area contributed by atoms with Crippen molar-refractivity contribution in [2.75, 3.05) is 48.3 Å². The smallest absolute Gasteiger partial charge is 0.260 e. The molecule has 0 radical (unpaired) electrons. The second-order valence-corrected chi connectivity index (χ2v) is 11.6. The molecule has 2 N–H and O–H groups in total. The Labute approximate surface area is 276 Å². The van der Waals surface area contributed by atoms with Crippen LogP contribution in [0.2, 0.25) is 5.02 Å². The summed E-state index contributed by atoms with van der Waals surface area (Å²) in [5, 5.41) is 6.16. The summed E-state index contributed by atoms with van der Waals surface area (Å²) in [6.07, 6.45) is 3.65. The Morgan fingerprint density at radius 1 is 0.894 bits per heavy atom. The quantitative estimate of drug-likeness (QED) is 0.178. The van der Waals surface area contributed by atoms with Gasteiger partial charge in [0.1, 0.15) is 11.5 Å². The van der Waals surface area contributed by atoms with Crippen LogP contribution in [0.5, 0.6) is 0 Å². The number of nitrogens with zero attached hydrogens (tertiary/aromatic N) is 6. The molecule has 1 fully saturated rings. The first-order chi connectivity index (χ1) is 23.0. The van der Waals surface area contributed by atoms with Crippen LogP contribution in [-0.2, 0) is 0 Å². The van der Waals surface area contributed by atoms with Gasteiger partial charge in [0, 0.05) is 61.2 Å². The molecule has 47 heavy (non-hydrogen) atoms. The molecule has 3 aromatic heterocycles. The maximum atomic E-state index is 14.4. The Morgan fingerprint density at radius 2 is 1.70 bits per heavy atom. The van der Waals surface area contributed by atoms with Crippen LogP contribution in [0.1, 0.15) is 17.3 Å². The number of imidazole rings is 1. The van der Waals surface area contributed by atoms with E-state index in [1.165, 1.54) is 23.9 Å². The maximum absolute atomic E-state index is 14.4. The third-order valence-corrected chi connectivity index (χ3v) is 8.63. The van der Waals surface area contributed by atoms with E-state index in [-0.39, 0.29) is 10.6 Å². The molecule has 0 unspecified atom stereocenters. The number of carbonyl (C=O) groups excluding carboxylic acids is 1. The summed E-state index contributed by atoms with van der Waals surface area (Å²) in [4.78, 5) is 32.1. The molecule has 0 aliphatic carbocycles. The number of carbonyl (C=O) groups is 1. The molecular weight excluding hydrogens is 615 g/mol. The SMILES string of the molecule is CCN1CCN(c2ccc(Nc3nccc(-c4c(-c5cccc(NC(=O)c6c(F)cccc6Cl)c5)nc5ccccn45)n3)cc2)CC1. The number of anilines is 4. The second kappa shape index (κ2) is 13.2. The zero-order valence-electron chi connectivity index (χ0n) is 25.7. The third kappa shape index (κ3) is 6.38. The predicted molar refractivity (Wildman–Crippen MR) is 185 cm³/mol. The molecule has 0 atom stereocenters. The predicted octanol–water partition coefficient (Wildman–Crippen LogP) is 7.39. The Kier molecular flexibility index (Phi) is 8.52. The molecule has 1 aliphatic rings. The summed E-state index contributed by atoms with van der Waals surface area (Å²) in [5.74, 6) is -0.881. The number of likely N-dealkylation sites (N-methyl/N-ethyl adjacent to an activating group) is 1. The summed E-state index contributed by atoms with van der Waals surface area (Å²) in [7, 11) is 0. The minimum atomic E-state index is -0.691. The van der Waals surface area contributed by atoms with Gasteiger partial charge in [-0.25, -0.2) is 19.3 Å². The number of pyridine rings is 1. The van der Waals surface area contributed by atoms with Crippen molar-refractivity contribution in [2.45, 2.75) is 6.92 Å². The van der Waals surface area contributed by atoms with Gasteiger partial charge in [-0.15, -0.1) is 0 Å². The van der Waals surface area contributed by atoms with Crippen LogP contribution < -0.4 is 15.5 Å². The molecule has 1 saturated heterocycles. The Hall–Kier alpha value is -5.32. The Balaban J connectivity index is 1.16. The van der Waals surface area contributed by atoms with E-state index in [2.05, 4.69) is 44.5 Å². The lowest BCUT2D eigenvalue weighted by Crippen LogP contribution is -2.46. The van der Waals surface area contributed by atoms with E-state index in [4.69, 9.17) is 21.6 Å². The van der Waals surface area contributed by atoms with Gasteiger partial charge in [-0.1, -0.05) is 42.8 Å². The van der Waals surface area contributed by atoms with Crippen LogP contribution in [0.3, 0.4) is 0 Å². The average Bonchev–Trinajstić information content (AvgIpc) is 3.49. The topological polar surface area (TPSA) is 90.7 Å². The average molecular weight is 647 g/mol. The number of hydrogen-bond acceptors (Lipinski definition) is 7. The highest BCUT2D eigenvalue weighted by molar-refractivity contribution is 6.34. The summed E-state index contributed by atoms with van der Waals surface area (Å²) in [6.45, 7) is 7.47. The highest BCUT2D eigenvalue weighted by Gasteiger charge is 2.20. The van der Waals surface area contributed by atoms with Crippen LogP contribution in [0, 0.1) is 5.82 Å². The molecule has 0 spiro atoms. The van der Waals surface area contributed by atoms with E-state index in [0.717, 1.165) is 55.3 Å². The van der Waals surface area contributed by atoms with E-state index >= 15 is 0 Å². The molecule has 0 bridgehead atoms. The Morgan fingerprint density at radius 3 is 2.49 bits per heavy atom. The van der Waals surface area contributed by atoms with E-state index in [1.807, 2.05) is 59.1 Å². The van der Waals surface area contributed by atoms with E-state index < -0.39 is 11.7 Å². The number of amides is 1. The zero-order valence-corrected chi connectivity index (χ0v) is 26.5. The first kappa shape index (κ1) is 30.3. The van der Waals surface area contributed by atoms with Gasteiger partial charge in [0.25, 0.3) is 5.91 Å². The lowest BCUT2D eigenvalue weighted by atomic mass is 10.1. The van der Waals surface area contributed by atoms with Crippen molar-refractivity contribution in [3.05, 3.63) is 120 Å². The molecule has 4 heterocycles. The molecule has 236 valence electrons. The molecular formula is C36H32ClFN8O. The fourth-order valence-corrected chi connectivity index (χ4v) is 6.10. The van der Waals surface area contributed by atoms with Crippen molar-refractivity contribution in [1.29, 1.82) is 0 Å². The highest BCUT2D eigenvalue weighted by Crippen LogP contribution is 2.34. The fraction of sp³-hybridized carbons (Fsp3) is 0.167. The third-order valence-electron chi connectivity index (χ3n) is 8.32. The lowest BCUT2D eigenvalue weighted by molar-refractivity contribution is 0.102. The van der Waals surface area contributed by atoms with Crippen molar-refractivity contribution in [2.24, 2.45) is 0 Å². The van der Waals surface area contributed by atoms with Crippen LogP contribution in [0.15, 0.2) is 103 Å². The first-order valence-electron chi connectivity index (χ1n) is 15.5. The van der Waals surface area contributed by atoms with Crippen molar-refractivity contribution in [1.82, 2.24) is 24.3 Å². The monoisotopic (exact) mass is 646 g/mol. The molecule has 9 nitrogen and oxygen atoms in total. The summed E-state index contributed by atoms with van der Waals surface area (Å²) >= 11 is 6.13. The first-order valence-corrected chi connectivity index (χ1v) is 15.9.